The molecule has 1 saturated heterocycles. The molecular formula is C22H27N3O3. The second kappa shape index (κ2) is 9.37. The summed E-state index contributed by atoms with van der Waals surface area (Å²) < 4.78 is 5.40. The van der Waals surface area contributed by atoms with Gasteiger partial charge in [0, 0.05) is 31.4 Å². The van der Waals surface area contributed by atoms with Crippen molar-refractivity contribution in [3.8, 4) is 0 Å². The van der Waals surface area contributed by atoms with Gasteiger partial charge in [-0.2, -0.15) is 0 Å². The van der Waals surface area contributed by atoms with E-state index in [0.717, 1.165) is 48.8 Å². The summed E-state index contributed by atoms with van der Waals surface area (Å²) >= 11 is 0. The van der Waals surface area contributed by atoms with Crippen LogP contribution in [0.25, 0.3) is 0 Å². The number of hydrogen-bond acceptors (Lipinski definition) is 4. The minimum Gasteiger partial charge on any atom is -0.378 e. The third kappa shape index (κ3) is 5.33. The summed E-state index contributed by atoms with van der Waals surface area (Å²) in [6.45, 7) is 6.68. The number of amides is 2. The van der Waals surface area contributed by atoms with Gasteiger partial charge in [-0.1, -0.05) is 30.3 Å². The third-order valence-electron chi connectivity index (χ3n) is 4.83. The van der Waals surface area contributed by atoms with E-state index < -0.39 is 0 Å². The Morgan fingerprint density at radius 1 is 1.11 bits per heavy atom. The lowest BCUT2D eigenvalue weighted by molar-refractivity contribution is -0.120. The molecule has 1 aliphatic rings. The van der Waals surface area contributed by atoms with E-state index in [4.69, 9.17) is 4.74 Å². The lowest BCUT2D eigenvalue weighted by atomic mass is 10.0. The monoisotopic (exact) mass is 381 g/mol. The molecular weight excluding hydrogens is 354 g/mol. The Hall–Kier alpha value is -2.86. The molecule has 2 N–H and O–H groups in total. The van der Waals surface area contributed by atoms with Crippen molar-refractivity contribution in [1.29, 1.82) is 0 Å². The fourth-order valence-corrected chi connectivity index (χ4v) is 3.38. The molecule has 28 heavy (non-hydrogen) atoms. The number of carbonyl (C=O) groups excluding carboxylic acids is 2. The number of nitrogens with one attached hydrogen (secondary N) is 2. The molecule has 3 rings (SSSR count). The largest absolute Gasteiger partial charge is 0.378 e. The van der Waals surface area contributed by atoms with Gasteiger partial charge in [0.25, 0.3) is 0 Å². The summed E-state index contributed by atoms with van der Waals surface area (Å²) in [5.41, 5.74) is 3.84. The molecule has 2 amide bonds. The smallest absolute Gasteiger partial charge is 0.226 e. The molecule has 6 nitrogen and oxygen atoms in total. The van der Waals surface area contributed by atoms with Crippen molar-refractivity contribution < 1.29 is 14.3 Å². The second-order valence-corrected chi connectivity index (χ2v) is 7.01. The summed E-state index contributed by atoms with van der Waals surface area (Å²) in [6, 6.07) is 15.2. The highest BCUT2D eigenvalue weighted by Gasteiger charge is 2.18. The summed E-state index contributed by atoms with van der Waals surface area (Å²) in [5.74, 6) is -0.294. The molecule has 148 valence electrons. The quantitative estimate of drug-likeness (QED) is 0.807. The van der Waals surface area contributed by atoms with E-state index in [1.54, 1.807) is 0 Å². The number of rotatable bonds is 6. The van der Waals surface area contributed by atoms with Gasteiger partial charge in [0.15, 0.2) is 0 Å². The van der Waals surface area contributed by atoms with Crippen molar-refractivity contribution in [1.82, 2.24) is 5.32 Å². The number of carbonyl (C=O) groups is 2. The Labute approximate surface area is 165 Å². The average molecular weight is 381 g/mol. The Morgan fingerprint density at radius 2 is 1.82 bits per heavy atom. The van der Waals surface area contributed by atoms with Crippen LogP contribution in [0.5, 0.6) is 0 Å². The molecule has 1 unspecified atom stereocenters. The van der Waals surface area contributed by atoms with Crippen molar-refractivity contribution in [2.24, 2.45) is 0 Å². The second-order valence-electron chi connectivity index (χ2n) is 7.01. The zero-order valence-electron chi connectivity index (χ0n) is 16.4. The number of benzene rings is 2. The number of hydrogen-bond donors (Lipinski definition) is 2. The van der Waals surface area contributed by atoms with E-state index in [2.05, 4.69) is 21.6 Å². The number of aryl methyl sites for hydroxylation is 1. The van der Waals surface area contributed by atoms with E-state index in [1.165, 1.54) is 6.92 Å². The number of nitrogens with zero attached hydrogens (tertiary/aromatic N) is 1. The average Bonchev–Trinajstić information content (AvgIpc) is 2.70. The first kappa shape index (κ1) is 19.9. The molecule has 1 heterocycles. The number of anilines is 2. The van der Waals surface area contributed by atoms with E-state index in [-0.39, 0.29) is 24.3 Å². The zero-order valence-corrected chi connectivity index (χ0v) is 16.4. The molecule has 6 heteroatoms. The van der Waals surface area contributed by atoms with Gasteiger partial charge in [-0.05, 0) is 36.2 Å². The summed E-state index contributed by atoms with van der Waals surface area (Å²) in [6.07, 6.45) is 0.175. The highest BCUT2D eigenvalue weighted by atomic mass is 16.5. The van der Waals surface area contributed by atoms with Gasteiger partial charge in [-0.25, -0.2) is 0 Å². The van der Waals surface area contributed by atoms with Gasteiger partial charge < -0.3 is 20.3 Å². The molecule has 1 fully saturated rings. The predicted octanol–water partition coefficient (Wildman–Crippen LogP) is 3.04. The van der Waals surface area contributed by atoms with E-state index in [9.17, 15) is 9.59 Å². The van der Waals surface area contributed by atoms with Crippen LogP contribution in [-0.4, -0.2) is 38.1 Å². The Balaban J connectivity index is 1.66. The van der Waals surface area contributed by atoms with Crippen LogP contribution in [0.4, 0.5) is 11.4 Å². The van der Waals surface area contributed by atoms with Crippen molar-refractivity contribution >= 4 is 23.2 Å². The van der Waals surface area contributed by atoms with Crippen LogP contribution < -0.4 is 15.5 Å². The van der Waals surface area contributed by atoms with Crippen LogP contribution in [0.15, 0.2) is 48.5 Å². The van der Waals surface area contributed by atoms with Gasteiger partial charge in [-0.3, -0.25) is 9.59 Å². The highest BCUT2D eigenvalue weighted by molar-refractivity contribution is 5.92. The first-order valence-electron chi connectivity index (χ1n) is 9.58. The summed E-state index contributed by atoms with van der Waals surface area (Å²) in [5, 5.41) is 5.84. The molecule has 0 saturated carbocycles. The fourth-order valence-electron chi connectivity index (χ4n) is 3.38. The maximum atomic E-state index is 12.6. The van der Waals surface area contributed by atoms with Crippen LogP contribution in [0.3, 0.4) is 0 Å². The Morgan fingerprint density at radius 3 is 2.46 bits per heavy atom. The van der Waals surface area contributed by atoms with Crippen LogP contribution in [0.1, 0.15) is 30.5 Å². The van der Waals surface area contributed by atoms with Gasteiger partial charge in [0.1, 0.15) is 0 Å². The molecule has 2 aromatic carbocycles. The van der Waals surface area contributed by atoms with Gasteiger partial charge in [0.2, 0.25) is 11.8 Å². The van der Waals surface area contributed by atoms with E-state index in [1.807, 2.05) is 49.4 Å². The maximum absolute atomic E-state index is 12.6. The van der Waals surface area contributed by atoms with Crippen LogP contribution in [-0.2, 0) is 14.3 Å². The third-order valence-corrected chi connectivity index (χ3v) is 4.83. The maximum Gasteiger partial charge on any atom is 0.226 e. The lowest BCUT2D eigenvalue weighted by Crippen LogP contribution is -2.36. The van der Waals surface area contributed by atoms with Crippen LogP contribution in [0, 0.1) is 6.92 Å². The molecule has 2 aromatic rings. The molecule has 1 atom stereocenters. The van der Waals surface area contributed by atoms with Crippen LogP contribution in [0.2, 0.25) is 0 Å². The Bertz CT molecular complexity index is 817. The number of morpholine rings is 1. The normalized spacial score (nSPS) is 15.0. The Kier molecular flexibility index (Phi) is 6.66. The highest BCUT2D eigenvalue weighted by Crippen LogP contribution is 2.24. The molecule has 0 bridgehead atoms. The first-order chi connectivity index (χ1) is 13.5. The first-order valence-corrected chi connectivity index (χ1v) is 9.58. The van der Waals surface area contributed by atoms with Gasteiger partial charge >= 0.3 is 0 Å². The van der Waals surface area contributed by atoms with E-state index >= 15 is 0 Å². The zero-order chi connectivity index (χ0) is 19.9. The van der Waals surface area contributed by atoms with Crippen molar-refractivity contribution in [2.75, 3.05) is 36.5 Å². The SMILES string of the molecule is CC(=O)NC(CC(=O)Nc1ccc(N2CCOCC2)cc1C)c1ccccc1. The topological polar surface area (TPSA) is 70.7 Å². The van der Waals surface area contributed by atoms with Gasteiger partial charge in [0.05, 0.1) is 25.7 Å². The summed E-state index contributed by atoms with van der Waals surface area (Å²) in [4.78, 5) is 26.5. The standard InChI is InChI=1S/C22H27N3O3/c1-16-14-19(25-10-12-28-13-11-25)8-9-20(16)24-22(27)15-21(23-17(2)26)18-6-4-3-5-7-18/h3-9,14,21H,10-13,15H2,1-2H3,(H,23,26)(H,24,27). The molecule has 0 aliphatic carbocycles. The van der Waals surface area contributed by atoms with Crippen molar-refractivity contribution in [3.63, 3.8) is 0 Å². The summed E-state index contributed by atoms with van der Waals surface area (Å²) in [7, 11) is 0. The van der Waals surface area contributed by atoms with Crippen LogP contribution >= 0.6 is 0 Å². The minimum atomic E-state index is -0.355. The number of ether oxygens (including phenoxy) is 1. The lowest BCUT2D eigenvalue weighted by Gasteiger charge is -2.29. The fraction of sp³-hybridized carbons (Fsp3) is 0.364. The predicted molar refractivity (Wildman–Crippen MR) is 110 cm³/mol. The van der Waals surface area contributed by atoms with E-state index in [0.29, 0.717) is 0 Å². The van der Waals surface area contributed by atoms with Crippen molar-refractivity contribution in [2.45, 2.75) is 26.3 Å². The van der Waals surface area contributed by atoms with Gasteiger partial charge in [-0.15, -0.1) is 0 Å². The molecule has 0 aromatic heterocycles. The molecule has 0 spiro atoms. The minimum absolute atomic E-state index is 0.134. The molecule has 1 aliphatic heterocycles. The molecule has 0 radical (unpaired) electrons. The van der Waals surface area contributed by atoms with Crippen molar-refractivity contribution in [3.05, 3.63) is 59.7 Å².